The van der Waals surface area contributed by atoms with Gasteiger partial charge in [0.25, 0.3) is 0 Å². The van der Waals surface area contributed by atoms with E-state index in [-0.39, 0.29) is 12.1 Å². The molecule has 2 aliphatic rings. The Labute approximate surface area is 137 Å². The highest BCUT2D eigenvalue weighted by Gasteiger charge is 2.28. The van der Waals surface area contributed by atoms with E-state index in [0.29, 0.717) is 26.2 Å². The molecule has 1 heterocycles. The Morgan fingerprint density at radius 3 is 2.57 bits per heavy atom. The van der Waals surface area contributed by atoms with Gasteiger partial charge in [-0.3, -0.25) is 0 Å². The number of piperazine rings is 1. The van der Waals surface area contributed by atoms with Crippen LogP contribution in [0.15, 0.2) is 24.3 Å². The van der Waals surface area contributed by atoms with Gasteiger partial charge in [0.1, 0.15) is 0 Å². The summed E-state index contributed by atoms with van der Waals surface area (Å²) in [5.41, 5.74) is 2.52. The zero-order valence-corrected chi connectivity index (χ0v) is 14.2. The fraction of sp³-hybridized carbons (Fsp3) is 0.562. The van der Waals surface area contributed by atoms with Crippen molar-refractivity contribution in [1.29, 1.82) is 0 Å². The van der Waals surface area contributed by atoms with Crippen molar-refractivity contribution in [3.8, 4) is 0 Å². The molecule has 0 bridgehead atoms. The van der Waals surface area contributed by atoms with Crippen LogP contribution < -0.4 is 5.32 Å². The number of carbonyl (C=O) groups excluding carboxylic acids is 1. The van der Waals surface area contributed by atoms with E-state index < -0.39 is 10.0 Å². The Hall–Kier alpha value is -1.60. The lowest BCUT2D eigenvalue weighted by atomic mass is 9.88. The van der Waals surface area contributed by atoms with E-state index in [1.807, 2.05) is 12.1 Å². The summed E-state index contributed by atoms with van der Waals surface area (Å²) in [6, 6.07) is 8.21. The van der Waals surface area contributed by atoms with Crippen LogP contribution in [0.1, 0.15) is 30.0 Å². The molecular weight excluding hydrogens is 314 g/mol. The minimum Gasteiger partial charge on any atom is -0.331 e. The Morgan fingerprint density at radius 1 is 1.17 bits per heavy atom. The van der Waals surface area contributed by atoms with Crippen molar-refractivity contribution in [1.82, 2.24) is 14.5 Å². The van der Waals surface area contributed by atoms with Gasteiger partial charge in [0, 0.05) is 26.2 Å². The largest absolute Gasteiger partial charge is 0.331 e. The number of hydrogen-bond acceptors (Lipinski definition) is 3. The molecule has 2 amide bonds. The van der Waals surface area contributed by atoms with E-state index in [2.05, 4.69) is 17.4 Å². The van der Waals surface area contributed by atoms with Crippen molar-refractivity contribution >= 4 is 16.1 Å². The third-order valence-electron chi connectivity index (χ3n) is 4.66. The second kappa shape index (κ2) is 6.49. The standard InChI is InChI=1S/C16H23N3O3S/c1-23(21,22)19-11-9-18(10-12-19)16(20)17-15-8-4-6-13-5-2-3-7-14(13)15/h2-3,5,7,15H,4,6,8-12H2,1H3,(H,17,20). The van der Waals surface area contributed by atoms with Crippen molar-refractivity contribution in [2.45, 2.75) is 25.3 Å². The summed E-state index contributed by atoms with van der Waals surface area (Å²) in [6.07, 6.45) is 4.30. The molecule has 0 spiro atoms. The van der Waals surface area contributed by atoms with Gasteiger partial charge < -0.3 is 10.2 Å². The highest BCUT2D eigenvalue weighted by atomic mass is 32.2. The number of carbonyl (C=O) groups is 1. The fourth-order valence-electron chi connectivity index (χ4n) is 3.37. The molecule has 0 aromatic heterocycles. The van der Waals surface area contributed by atoms with Crippen LogP contribution >= 0.6 is 0 Å². The van der Waals surface area contributed by atoms with Gasteiger partial charge in [-0.05, 0) is 30.4 Å². The molecule has 3 rings (SSSR count). The van der Waals surface area contributed by atoms with Crippen molar-refractivity contribution in [3.63, 3.8) is 0 Å². The molecule has 1 aliphatic carbocycles. The second-order valence-corrected chi connectivity index (χ2v) is 8.22. The summed E-state index contributed by atoms with van der Waals surface area (Å²) in [4.78, 5) is 14.2. The highest BCUT2D eigenvalue weighted by molar-refractivity contribution is 7.88. The molecule has 23 heavy (non-hydrogen) atoms. The Morgan fingerprint density at radius 2 is 1.87 bits per heavy atom. The molecule has 7 heteroatoms. The molecule has 0 radical (unpaired) electrons. The van der Waals surface area contributed by atoms with Crippen molar-refractivity contribution in [3.05, 3.63) is 35.4 Å². The monoisotopic (exact) mass is 337 g/mol. The SMILES string of the molecule is CS(=O)(=O)N1CCN(C(=O)NC2CCCc3ccccc32)CC1. The molecule has 1 fully saturated rings. The summed E-state index contributed by atoms with van der Waals surface area (Å²) in [5.74, 6) is 0. The number of nitrogens with zero attached hydrogens (tertiary/aromatic N) is 2. The molecule has 1 aliphatic heterocycles. The van der Waals surface area contributed by atoms with Crippen LogP contribution in [0.3, 0.4) is 0 Å². The first kappa shape index (κ1) is 16.3. The van der Waals surface area contributed by atoms with E-state index in [9.17, 15) is 13.2 Å². The van der Waals surface area contributed by atoms with E-state index >= 15 is 0 Å². The third-order valence-corrected chi connectivity index (χ3v) is 5.97. The van der Waals surface area contributed by atoms with Crippen molar-refractivity contribution in [2.75, 3.05) is 32.4 Å². The minimum absolute atomic E-state index is 0.0559. The molecule has 1 unspecified atom stereocenters. The first-order valence-electron chi connectivity index (χ1n) is 8.03. The molecule has 1 N–H and O–H groups in total. The average Bonchev–Trinajstić information content (AvgIpc) is 2.54. The molecule has 6 nitrogen and oxygen atoms in total. The number of sulfonamides is 1. The fourth-order valence-corrected chi connectivity index (χ4v) is 4.19. The summed E-state index contributed by atoms with van der Waals surface area (Å²) < 4.78 is 24.5. The van der Waals surface area contributed by atoms with Crippen LogP contribution in [0.5, 0.6) is 0 Å². The van der Waals surface area contributed by atoms with Crippen LogP contribution in [0.25, 0.3) is 0 Å². The number of nitrogens with one attached hydrogen (secondary N) is 1. The quantitative estimate of drug-likeness (QED) is 0.886. The first-order valence-corrected chi connectivity index (χ1v) is 9.88. The number of rotatable bonds is 2. The number of benzene rings is 1. The van der Waals surface area contributed by atoms with Gasteiger partial charge in [0.15, 0.2) is 0 Å². The number of amides is 2. The highest BCUT2D eigenvalue weighted by Crippen LogP contribution is 2.29. The molecule has 1 aromatic carbocycles. The zero-order chi connectivity index (χ0) is 16.4. The molecular formula is C16H23N3O3S. The topological polar surface area (TPSA) is 69.7 Å². The normalized spacial score (nSPS) is 22.5. The van der Waals surface area contributed by atoms with E-state index in [0.717, 1.165) is 19.3 Å². The molecule has 1 aromatic rings. The third kappa shape index (κ3) is 3.67. The lowest BCUT2D eigenvalue weighted by Crippen LogP contribution is -2.53. The maximum atomic E-state index is 12.5. The van der Waals surface area contributed by atoms with E-state index in [1.54, 1.807) is 4.90 Å². The van der Waals surface area contributed by atoms with Crippen LogP contribution in [-0.2, 0) is 16.4 Å². The van der Waals surface area contributed by atoms with Gasteiger partial charge in [-0.25, -0.2) is 13.2 Å². The van der Waals surface area contributed by atoms with Crippen LogP contribution in [0.4, 0.5) is 4.79 Å². The van der Waals surface area contributed by atoms with E-state index in [4.69, 9.17) is 0 Å². The van der Waals surface area contributed by atoms with Gasteiger partial charge in [-0.1, -0.05) is 24.3 Å². The summed E-state index contributed by atoms with van der Waals surface area (Å²) in [7, 11) is -3.17. The number of fused-ring (bicyclic) bond motifs is 1. The van der Waals surface area contributed by atoms with Gasteiger partial charge >= 0.3 is 6.03 Å². The summed E-state index contributed by atoms with van der Waals surface area (Å²) in [5, 5.41) is 3.12. The summed E-state index contributed by atoms with van der Waals surface area (Å²) in [6.45, 7) is 1.61. The number of aryl methyl sites for hydroxylation is 1. The van der Waals surface area contributed by atoms with Gasteiger partial charge in [0.2, 0.25) is 10.0 Å². The predicted octanol–water partition coefficient (Wildman–Crippen LogP) is 1.35. The van der Waals surface area contributed by atoms with Crippen molar-refractivity contribution < 1.29 is 13.2 Å². The lowest BCUT2D eigenvalue weighted by molar-refractivity contribution is 0.168. The minimum atomic E-state index is -3.17. The predicted molar refractivity (Wildman–Crippen MR) is 88.6 cm³/mol. The van der Waals surface area contributed by atoms with Gasteiger partial charge in [-0.15, -0.1) is 0 Å². The average molecular weight is 337 g/mol. The Bertz CT molecular complexity index is 682. The Balaban J connectivity index is 1.61. The zero-order valence-electron chi connectivity index (χ0n) is 13.4. The first-order chi connectivity index (χ1) is 10.9. The van der Waals surface area contributed by atoms with Gasteiger partial charge in [0.05, 0.1) is 12.3 Å². The Kier molecular flexibility index (Phi) is 4.59. The molecule has 126 valence electrons. The van der Waals surface area contributed by atoms with Crippen molar-refractivity contribution in [2.24, 2.45) is 0 Å². The second-order valence-electron chi connectivity index (χ2n) is 6.24. The molecule has 1 atom stereocenters. The molecule has 1 saturated heterocycles. The van der Waals surface area contributed by atoms with E-state index in [1.165, 1.54) is 21.7 Å². The lowest BCUT2D eigenvalue weighted by Gasteiger charge is -2.35. The number of hydrogen-bond donors (Lipinski definition) is 1. The van der Waals surface area contributed by atoms with Crippen LogP contribution in [-0.4, -0.2) is 56.1 Å². The maximum Gasteiger partial charge on any atom is 0.317 e. The summed E-state index contributed by atoms with van der Waals surface area (Å²) >= 11 is 0. The maximum absolute atomic E-state index is 12.5. The van der Waals surface area contributed by atoms with Gasteiger partial charge in [-0.2, -0.15) is 4.31 Å². The molecule has 0 saturated carbocycles. The smallest absolute Gasteiger partial charge is 0.317 e. The van der Waals surface area contributed by atoms with Crippen LogP contribution in [0.2, 0.25) is 0 Å². The van der Waals surface area contributed by atoms with Crippen LogP contribution in [0, 0.1) is 0 Å². The number of urea groups is 1.